The van der Waals surface area contributed by atoms with Crippen LogP contribution in [0.15, 0.2) is 54.6 Å². The first-order chi connectivity index (χ1) is 11.8. The van der Waals surface area contributed by atoms with Crippen LogP contribution in [0.2, 0.25) is 0 Å². The van der Waals surface area contributed by atoms with E-state index in [1.807, 2.05) is 13.0 Å². The number of hydrogen-bond donors (Lipinski definition) is 1. The predicted octanol–water partition coefficient (Wildman–Crippen LogP) is 3.84. The lowest BCUT2D eigenvalue weighted by atomic mass is 10.0. The third kappa shape index (κ3) is 5.08. The van der Waals surface area contributed by atoms with Crippen LogP contribution < -0.4 is 10.1 Å². The van der Waals surface area contributed by atoms with E-state index in [2.05, 4.69) is 58.7 Å². The standard InChI is InChI=1S/C21H28N2O/c1-2-24-21-10-6-9-19(15-21)16-22-20-11-13-23(14-12-20)17-18-7-4-3-5-8-18/h3-10,15,20,22H,2,11-14,16-17H2,1H3. The zero-order chi connectivity index (χ0) is 16.6. The molecule has 3 nitrogen and oxygen atoms in total. The van der Waals surface area contributed by atoms with Crippen LogP contribution in [0, 0.1) is 0 Å². The lowest BCUT2D eigenvalue weighted by Crippen LogP contribution is -2.41. The normalized spacial score (nSPS) is 16.2. The predicted molar refractivity (Wildman–Crippen MR) is 99.2 cm³/mol. The molecule has 0 bridgehead atoms. The van der Waals surface area contributed by atoms with Gasteiger partial charge in [0.1, 0.15) is 5.75 Å². The Morgan fingerprint density at radius 3 is 2.50 bits per heavy atom. The van der Waals surface area contributed by atoms with Gasteiger partial charge < -0.3 is 10.1 Å². The van der Waals surface area contributed by atoms with Crippen molar-refractivity contribution in [3.05, 3.63) is 65.7 Å². The molecule has 0 saturated carbocycles. The highest BCUT2D eigenvalue weighted by Gasteiger charge is 2.18. The summed E-state index contributed by atoms with van der Waals surface area (Å²) in [6.45, 7) is 7.08. The summed E-state index contributed by atoms with van der Waals surface area (Å²) in [6.07, 6.45) is 2.44. The van der Waals surface area contributed by atoms with Crippen LogP contribution in [0.3, 0.4) is 0 Å². The Morgan fingerprint density at radius 2 is 1.75 bits per heavy atom. The van der Waals surface area contributed by atoms with Gasteiger partial charge in [0.25, 0.3) is 0 Å². The molecule has 0 spiro atoms. The highest BCUT2D eigenvalue weighted by atomic mass is 16.5. The van der Waals surface area contributed by atoms with Gasteiger partial charge in [-0.15, -0.1) is 0 Å². The fourth-order valence-electron chi connectivity index (χ4n) is 3.31. The number of nitrogens with one attached hydrogen (secondary N) is 1. The molecule has 3 rings (SSSR count). The molecule has 24 heavy (non-hydrogen) atoms. The van der Waals surface area contributed by atoms with E-state index in [9.17, 15) is 0 Å². The van der Waals surface area contributed by atoms with Crippen molar-refractivity contribution in [2.75, 3.05) is 19.7 Å². The number of likely N-dealkylation sites (tertiary alicyclic amines) is 1. The molecule has 0 radical (unpaired) electrons. The number of ether oxygens (including phenoxy) is 1. The average molecular weight is 324 g/mol. The van der Waals surface area contributed by atoms with Gasteiger partial charge in [-0.05, 0) is 56.1 Å². The van der Waals surface area contributed by atoms with Crippen molar-refractivity contribution < 1.29 is 4.74 Å². The Morgan fingerprint density at radius 1 is 1.00 bits per heavy atom. The first-order valence-electron chi connectivity index (χ1n) is 9.05. The highest BCUT2D eigenvalue weighted by molar-refractivity contribution is 5.28. The molecule has 2 aromatic carbocycles. The molecule has 1 fully saturated rings. The highest BCUT2D eigenvalue weighted by Crippen LogP contribution is 2.16. The van der Waals surface area contributed by atoms with Crippen molar-refractivity contribution in [3.8, 4) is 5.75 Å². The molecule has 128 valence electrons. The van der Waals surface area contributed by atoms with Gasteiger partial charge >= 0.3 is 0 Å². The maximum Gasteiger partial charge on any atom is 0.119 e. The SMILES string of the molecule is CCOc1cccc(CNC2CCN(Cc3ccccc3)CC2)c1. The zero-order valence-corrected chi connectivity index (χ0v) is 14.6. The van der Waals surface area contributed by atoms with Gasteiger partial charge in [-0.2, -0.15) is 0 Å². The average Bonchev–Trinajstić information content (AvgIpc) is 2.63. The van der Waals surface area contributed by atoms with E-state index < -0.39 is 0 Å². The van der Waals surface area contributed by atoms with Crippen LogP contribution in [0.25, 0.3) is 0 Å². The van der Waals surface area contributed by atoms with E-state index in [-0.39, 0.29) is 0 Å². The van der Waals surface area contributed by atoms with E-state index in [4.69, 9.17) is 4.74 Å². The molecule has 0 aliphatic carbocycles. The summed E-state index contributed by atoms with van der Waals surface area (Å²) in [5, 5.41) is 3.71. The minimum absolute atomic E-state index is 0.618. The summed E-state index contributed by atoms with van der Waals surface area (Å²) in [5.74, 6) is 0.967. The molecule has 1 aliphatic rings. The molecular weight excluding hydrogens is 296 g/mol. The maximum atomic E-state index is 5.57. The summed E-state index contributed by atoms with van der Waals surface area (Å²) in [4.78, 5) is 2.56. The quantitative estimate of drug-likeness (QED) is 0.837. The van der Waals surface area contributed by atoms with Crippen LogP contribution >= 0.6 is 0 Å². The molecule has 2 aromatic rings. The lowest BCUT2D eigenvalue weighted by Gasteiger charge is -2.32. The topological polar surface area (TPSA) is 24.5 Å². The Labute approximate surface area is 145 Å². The van der Waals surface area contributed by atoms with Crippen molar-refractivity contribution in [2.45, 2.75) is 38.9 Å². The van der Waals surface area contributed by atoms with Crippen molar-refractivity contribution in [1.29, 1.82) is 0 Å². The summed E-state index contributed by atoms with van der Waals surface area (Å²) in [7, 11) is 0. The molecule has 1 aliphatic heterocycles. The summed E-state index contributed by atoms with van der Waals surface area (Å²) in [5.41, 5.74) is 2.71. The molecule has 1 saturated heterocycles. The second-order valence-electron chi connectivity index (χ2n) is 6.50. The van der Waals surface area contributed by atoms with Crippen molar-refractivity contribution in [3.63, 3.8) is 0 Å². The first-order valence-corrected chi connectivity index (χ1v) is 9.05. The molecular formula is C21H28N2O. The van der Waals surface area contributed by atoms with Gasteiger partial charge in [-0.1, -0.05) is 42.5 Å². The number of rotatable bonds is 7. The summed E-state index contributed by atoms with van der Waals surface area (Å²) >= 11 is 0. The van der Waals surface area contributed by atoms with Gasteiger partial charge in [0, 0.05) is 19.1 Å². The third-order valence-electron chi connectivity index (χ3n) is 4.64. The fourth-order valence-corrected chi connectivity index (χ4v) is 3.31. The zero-order valence-electron chi connectivity index (χ0n) is 14.6. The van der Waals surface area contributed by atoms with E-state index in [1.165, 1.54) is 37.1 Å². The van der Waals surface area contributed by atoms with E-state index in [1.54, 1.807) is 0 Å². The smallest absolute Gasteiger partial charge is 0.119 e. The van der Waals surface area contributed by atoms with Crippen LogP contribution in [-0.4, -0.2) is 30.6 Å². The Bertz CT molecular complexity index is 606. The minimum Gasteiger partial charge on any atom is -0.494 e. The van der Waals surface area contributed by atoms with Crippen LogP contribution in [0.4, 0.5) is 0 Å². The van der Waals surface area contributed by atoms with E-state index in [0.717, 1.165) is 25.4 Å². The molecule has 1 heterocycles. The fraction of sp³-hybridized carbons (Fsp3) is 0.429. The number of nitrogens with zero attached hydrogens (tertiary/aromatic N) is 1. The first kappa shape index (κ1) is 17.0. The Hall–Kier alpha value is -1.84. The maximum absolute atomic E-state index is 5.57. The van der Waals surface area contributed by atoms with Gasteiger partial charge in [0.15, 0.2) is 0 Å². The van der Waals surface area contributed by atoms with Crippen molar-refractivity contribution in [2.24, 2.45) is 0 Å². The molecule has 1 N–H and O–H groups in total. The molecule has 0 atom stereocenters. The molecule has 0 aromatic heterocycles. The second kappa shape index (κ2) is 8.86. The summed E-state index contributed by atoms with van der Waals surface area (Å²) < 4.78 is 5.57. The van der Waals surface area contributed by atoms with Gasteiger partial charge in [-0.25, -0.2) is 0 Å². The third-order valence-corrected chi connectivity index (χ3v) is 4.64. The van der Waals surface area contributed by atoms with Gasteiger partial charge in [0.05, 0.1) is 6.61 Å². The molecule has 0 amide bonds. The second-order valence-corrected chi connectivity index (χ2v) is 6.50. The van der Waals surface area contributed by atoms with E-state index in [0.29, 0.717) is 6.04 Å². The van der Waals surface area contributed by atoms with Crippen molar-refractivity contribution >= 4 is 0 Å². The van der Waals surface area contributed by atoms with Gasteiger partial charge in [0.2, 0.25) is 0 Å². The number of piperidine rings is 1. The monoisotopic (exact) mass is 324 g/mol. The molecule has 0 unspecified atom stereocenters. The number of benzene rings is 2. The summed E-state index contributed by atoms with van der Waals surface area (Å²) in [6, 6.07) is 19.8. The van der Waals surface area contributed by atoms with Crippen LogP contribution in [0.5, 0.6) is 5.75 Å². The Balaban J connectivity index is 1.41. The Kier molecular flexibility index (Phi) is 6.27. The minimum atomic E-state index is 0.618. The number of hydrogen-bond acceptors (Lipinski definition) is 3. The van der Waals surface area contributed by atoms with Crippen molar-refractivity contribution in [1.82, 2.24) is 10.2 Å². The van der Waals surface area contributed by atoms with Crippen LogP contribution in [-0.2, 0) is 13.1 Å². The molecule has 3 heteroatoms. The lowest BCUT2D eigenvalue weighted by molar-refractivity contribution is 0.190. The van der Waals surface area contributed by atoms with Gasteiger partial charge in [-0.3, -0.25) is 4.90 Å². The largest absolute Gasteiger partial charge is 0.494 e. The van der Waals surface area contributed by atoms with Crippen LogP contribution in [0.1, 0.15) is 30.9 Å². The van der Waals surface area contributed by atoms with E-state index >= 15 is 0 Å².